The van der Waals surface area contributed by atoms with Crippen LogP contribution in [-0.4, -0.2) is 65.7 Å². The summed E-state index contributed by atoms with van der Waals surface area (Å²) in [5, 5.41) is 12.9. The van der Waals surface area contributed by atoms with Crippen LogP contribution in [0.4, 0.5) is 0 Å². The van der Waals surface area contributed by atoms with Gasteiger partial charge in [-0.05, 0) is 43.2 Å². The predicted molar refractivity (Wildman–Crippen MR) is 126 cm³/mol. The monoisotopic (exact) mass is 450 g/mol. The molecule has 2 amide bonds. The number of hydrogen-bond donors (Lipinski definition) is 2. The van der Waals surface area contributed by atoms with Gasteiger partial charge in [0.15, 0.2) is 0 Å². The zero-order valence-electron chi connectivity index (χ0n) is 19.5. The Morgan fingerprint density at radius 3 is 2.64 bits per heavy atom. The molecular formula is C26H34N4O3. The summed E-state index contributed by atoms with van der Waals surface area (Å²) in [5.41, 5.74) is 5.37. The lowest BCUT2D eigenvalue weighted by atomic mass is 9.85. The van der Waals surface area contributed by atoms with Gasteiger partial charge in [0.25, 0.3) is 0 Å². The van der Waals surface area contributed by atoms with E-state index in [2.05, 4.69) is 11.4 Å². The minimum absolute atomic E-state index is 0.0341. The van der Waals surface area contributed by atoms with E-state index >= 15 is 0 Å². The molecule has 5 rings (SSSR count). The third-order valence-electron chi connectivity index (χ3n) is 7.74. The number of nitrogens with one attached hydrogen (secondary N) is 2. The Balaban J connectivity index is 1.45. The summed E-state index contributed by atoms with van der Waals surface area (Å²) in [7, 11) is 0. The van der Waals surface area contributed by atoms with E-state index in [1.807, 2.05) is 21.9 Å². The van der Waals surface area contributed by atoms with Crippen LogP contribution in [0.25, 0.3) is 0 Å². The summed E-state index contributed by atoms with van der Waals surface area (Å²) < 4.78 is 5.50. The van der Waals surface area contributed by atoms with Crippen LogP contribution < -0.4 is 5.32 Å². The summed E-state index contributed by atoms with van der Waals surface area (Å²) >= 11 is 0. The Kier molecular flexibility index (Phi) is 6.23. The molecule has 0 radical (unpaired) electrons. The molecule has 1 aliphatic carbocycles. The second-order valence-electron chi connectivity index (χ2n) is 9.78. The maximum Gasteiger partial charge on any atom is 0.227 e. The number of amides is 2. The van der Waals surface area contributed by atoms with E-state index in [9.17, 15) is 15.0 Å². The van der Waals surface area contributed by atoms with E-state index < -0.39 is 0 Å². The van der Waals surface area contributed by atoms with Gasteiger partial charge in [-0.2, -0.15) is 0 Å². The van der Waals surface area contributed by atoms with Crippen molar-refractivity contribution >= 4 is 17.5 Å². The molecule has 0 atom stereocenters. The first-order valence-corrected chi connectivity index (χ1v) is 12.3. The highest BCUT2D eigenvalue weighted by Crippen LogP contribution is 2.33. The highest BCUT2D eigenvalue weighted by molar-refractivity contribution is 6.13. The largest absolute Gasteiger partial charge is 0.385 e. The molecule has 0 unspecified atom stereocenters. The Bertz CT molecular complexity index is 991. The average Bonchev–Trinajstić information content (AvgIpc) is 2.78. The molecule has 3 aliphatic heterocycles. The van der Waals surface area contributed by atoms with Crippen molar-refractivity contribution in [2.75, 3.05) is 26.3 Å². The van der Waals surface area contributed by atoms with E-state index in [1.165, 1.54) is 6.42 Å². The third-order valence-corrected chi connectivity index (χ3v) is 7.74. The van der Waals surface area contributed by atoms with Crippen molar-refractivity contribution in [3.05, 3.63) is 46.2 Å². The van der Waals surface area contributed by atoms with E-state index in [1.54, 1.807) is 6.92 Å². The lowest BCUT2D eigenvalue weighted by Crippen LogP contribution is -2.47. The number of rotatable bonds is 5. The molecule has 3 heterocycles. The van der Waals surface area contributed by atoms with Gasteiger partial charge in [0.05, 0.1) is 12.1 Å². The van der Waals surface area contributed by atoms with E-state index in [4.69, 9.17) is 4.74 Å². The first-order chi connectivity index (χ1) is 16.0. The van der Waals surface area contributed by atoms with Gasteiger partial charge in [0.2, 0.25) is 11.8 Å². The summed E-state index contributed by atoms with van der Waals surface area (Å²) in [6.07, 6.45) is 6.39. The molecule has 33 heavy (non-hydrogen) atoms. The molecule has 0 spiro atoms. The fourth-order valence-electron chi connectivity index (χ4n) is 5.45. The molecule has 1 aromatic rings. The number of nitrogens with zero attached hydrogens (tertiary/aromatic N) is 2. The van der Waals surface area contributed by atoms with Crippen LogP contribution in [0.5, 0.6) is 0 Å². The molecule has 4 aliphatic rings. The van der Waals surface area contributed by atoms with Crippen molar-refractivity contribution in [3.63, 3.8) is 0 Å². The number of hydrogen-bond acceptors (Lipinski definition) is 5. The molecule has 0 aromatic heterocycles. The van der Waals surface area contributed by atoms with Crippen molar-refractivity contribution < 1.29 is 14.3 Å². The van der Waals surface area contributed by atoms with Crippen molar-refractivity contribution in [2.45, 2.75) is 70.5 Å². The maximum atomic E-state index is 13.0. The highest BCUT2D eigenvalue weighted by atomic mass is 16.5. The number of benzene rings is 1. The zero-order valence-corrected chi connectivity index (χ0v) is 19.5. The normalized spacial score (nSPS) is 22.2. The lowest BCUT2D eigenvalue weighted by molar-refractivity contribution is -0.136. The second kappa shape index (κ2) is 9.29. The number of carbonyl (C=O) groups excluding carboxylic acids is 2. The third kappa shape index (κ3) is 4.43. The van der Waals surface area contributed by atoms with Crippen LogP contribution in [0, 0.1) is 5.41 Å². The minimum atomic E-state index is 0.0341. The summed E-state index contributed by atoms with van der Waals surface area (Å²) in [5.74, 6) is 0.211. The Hall–Kier alpha value is -2.67. The van der Waals surface area contributed by atoms with Gasteiger partial charge >= 0.3 is 0 Å². The molecule has 7 nitrogen and oxygen atoms in total. The number of carbonyl (C=O) groups is 2. The fraction of sp³-hybridized carbons (Fsp3) is 0.577. The molecule has 1 saturated carbocycles. The predicted octanol–water partition coefficient (Wildman–Crippen LogP) is 2.77. The topological polar surface area (TPSA) is 85.7 Å². The Labute approximate surface area is 195 Å². The SMILES string of the molecule is CC(=O)N1CCC(NC2CCOCC2)=C(C(=N)c2cccc3c2CC(=O)N(C2CCC2)C3)C1. The molecule has 1 saturated heterocycles. The summed E-state index contributed by atoms with van der Waals surface area (Å²) in [6.45, 7) is 4.85. The van der Waals surface area contributed by atoms with Crippen LogP contribution in [0.15, 0.2) is 29.5 Å². The zero-order chi connectivity index (χ0) is 22.9. The first-order valence-electron chi connectivity index (χ1n) is 12.3. The Morgan fingerprint density at radius 2 is 1.94 bits per heavy atom. The molecule has 2 N–H and O–H groups in total. The van der Waals surface area contributed by atoms with Crippen molar-refractivity contribution in [3.8, 4) is 0 Å². The molecule has 2 fully saturated rings. The van der Waals surface area contributed by atoms with Crippen LogP contribution >= 0.6 is 0 Å². The van der Waals surface area contributed by atoms with E-state index in [-0.39, 0.29) is 11.8 Å². The Morgan fingerprint density at radius 1 is 1.15 bits per heavy atom. The smallest absolute Gasteiger partial charge is 0.227 e. The quantitative estimate of drug-likeness (QED) is 0.676. The molecule has 176 valence electrons. The van der Waals surface area contributed by atoms with Gasteiger partial charge in [0.1, 0.15) is 0 Å². The van der Waals surface area contributed by atoms with Gasteiger partial charge in [0, 0.05) is 75.1 Å². The summed E-state index contributed by atoms with van der Waals surface area (Å²) in [6, 6.07) is 6.80. The van der Waals surface area contributed by atoms with Gasteiger partial charge < -0.3 is 19.9 Å². The lowest BCUT2D eigenvalue weighted by Gasteiger charge is -2.41. The van der Waals surface area contributed by atoms with Crippen LogP contribution in [0.2, 0.25) is 0 Å². The molecule has 7 heteroatoms. The fourth-order valence-corrected chi connectivity index (χ4v) is 5.45. The van der Waals surface area contributed by atoms with Crippen LogP contribution in [0.3, 0.4) is 0 Å². The standard InChI is InChI=1S/C26H34N4O3/c1-17(31)29-11-8-24(28-19-9-12-33-13-10-19)23(16-29)26(27)21-7-2-4-18-15-30(20-5-3-6-20)25(32)14-22(18)21/h2,4,7,19-20,27-28H,3,5-6,8-16H2,1H3. The molecule has 0 bridgehead atoms. The van der Waals surface area contributed by atoms with Crippen molar-refractivity contribution in [2.24, 2.45) is 0 Å². The van der Waals surface area contributed by atoms with E-state index in [0.29, 0.717) is 43.9 Å². The maximum absolute atomic E-state index is 13.0. The molecule has 1 aromatic carbocycles. The number of ether oxygens (including phenoxy) is 1. The van der Waals surface area contributed by atoms with Gasteiger partial charge in [-0.15, -0.1) is 0 Å². The van der Waals surface area contributed by atoms with Crippen LogP contribution in [-0.2, 0) is 27.3 Å². The van der Waals surface area contributed by atoms with Crippen LogP contribution in [0.1, 0.15) is 62.1 Å². The van der Waals surface area contributed by atoms with E-state index in [0.717, 1.165) is 73.3 Å². The second-order valence-corrected chi connectivity index (χ2v) is 9.78. The highest BCUT2D eigenvalue weighted by Gasteiger charge is 2.34. The average molecular weight is 451 g/mol. The molecular weight excluding hydrogens is 416 g/mol. The van der Waals surface area contributed by atoms with Gasteiger partial charge in [-0.3, -0.25) is 15.0 Å². The number of fused-ring (bicyclic) bond motifs is 1. The minimum Gasteiger partial charge on any atom is -0.385 e. The van der Waals surface area contributed by atoms with Gasteiger partial charge in [-0.25, -0.2) is 0 Å². The summed E-state index contributed by atoms with van der Waals surface area (Å²) in [4.78, 5) is 29.0. The van der Waals surface area contributed by atoms with Gasteiger partial charge in [-0.1, -0.05) is 18.2 Å². The van der Waals surface area contributed by atoms with Crippen molar-refractivity contribution in [1.82, 2.24) is 15.1 Å². The van der Waals surface area contributed by atoms with Crippen molar-refractivity contribution in [1.29, 1.82) is 5.41 Å². The first kappa shape index (κ1) is 22.1.